The lowest BCUT2D eigenvalue weighted by Crippen LogP contribution is -2.06. The predicted octanol–water partition coefficient (Wildman–Crippen LogP) is 2.40. The van der Waals surface area contributed by atoms with E-state index in [1.54, 1.807) is 24.5 Å². The number of Topliss-reactive ketones (excluding diaryl/α,β-unsaturated/α-hetero) is 1. The second-order valence-electron chi connectivity index (χ2n) is 4.03. The molecule has 0 atom stereocenters. The van der Waals surface area contributed by atoms with Gasteiger partial charge < -0.3 is 5.73 Å². The minimum Gasteiger partial charge on any atom is -0.399 e. The van der Waals surface area contributed by atoms with Crippen LogP contribution < -0.4 is 5.73 Å². The number of nitrogens with zero attached hydrogens (tertiary/aromatic N) is 1. The maximum atomic E-state index is 12.0. The molecule has 0 aliphatic rings. The van der Waals surface area contributed by atoms with Crippen LogP contribution in [0.1, 0.15) is 21.5 Å². The Morgan fingerprint density at radius 3 is 2.59 bits per heavy atom. The van der Waals surface area contributed by atoms with Crippen molar-refractivity contribution in [2.75, 3.05) is 5.73 Å². The molecule has 0 bridgehead atoms. The molecule has 2 N–H and O–H groups in total. The van der Waals surface area contributed by atoms with Gasteiger partial charge in [0, 0.05) is 30.1 Å². The average Bonchev–Trinajstić information content (AvgIpc) is 2.32. The molecule has 2 aromatic rings. The van der Waals surface area contributed by atoms with Gasteiger partial charge in [-0.2, -0.15) is 0 Å². The third kappa shape index (κ3) is 2.69. The number of nitrogens with two attached hydrogens (primary N) is 1. The van der Waals surface area contributed by atoms with Crippen molar-refractivity contribution in [2.45, 2.75) is 13.3 Å². The third-order valence-electron chi connectivity index (χ3n) is 2.68. The molecule has 3 heteroatoms. The Hall–Kier alpha value is -2.16. The van der Waals surface area contributed by atoms with Gasteiger partial charge in [-0.25, -0.2) is 0 Å². The average molecular weight is 226 g/mol. The van der Waals surface area contributed by atoms with Crippen molar-refractivity contribution >= 4 is 11.5 Å². The Balaban J connectivity index is 2.17. The highest BCUT2D eigenvalue weighted by Gasteiger charge is 2.09. The quantitative estimate of drug-likeness (QED) is 0.645. The zero-order chi connectivity index (χ0) is 12.3. The molecular formula is C14H14N2O. The van der Waals surface area contributed by atoms with Gasteiger partial charge in [0.25, 0.3) is 0 Å². The topological polar surface area (TPSA) is 56.0 Å². The molecule has 1 aromatic heterocycles. The van der Waals surface area contributed by atoms with Crippen LogP contribution in [0.4, 0.5) is 5.69 Å². The van der Waals surface area contributed by atoms with Crippen molar-refractivity contribution in [1.29, 1.82) is 0 Å². The van der Waals surface area contributed by atoms with Crippen molar-refractivity contribution in [3.63, 3.8) is 0 Å². The van der Waals surface area contributed by atoms with Crippen LogP contribution in [0, 0.1) is 6.92 Å². The highest BCUT2D eigenvalue weighted by molar-refractivity contribution is 5.98. The molecule has 0 aliphatic heterocycles. The van der Waals surface area contributed by atoms with E-state index in [4.69, 9.17) is 5.73 Å². The van der Waals surface area contributed by atoms with Crippen LogP contribution in [-0.4, -0.2) is 10.8 Å². The summed E-state index contributed by atoms with van der Waals surface area (Å²) < 4.78 is 0. The van der Waals surface area contributed by atoms with Crippen molar-refractivity contribution in [3.05, 3.63) is 59.4 Å². The van der Waals surface area contributed by atoms with Crippen LogP contribution >= 0.6 is 0 Å². The summed E-state index contributed by atoms with van der Waals surface area (Å²) >= 11 is 0. The Morgan fingerprint density at radius 1 is 1.24 bits per heavy atom. The number of ketones is 1. The molecule has 0 aliphatic carbocycles. The smallest absolute Gasteiger partial charge is 0.169 e. The van der Waals surface area contributed by atoms with Crippen LogP contribution in [0.25, 0.3) is 0 Å². The summed E-state index contributed by atoms with van der Waals surface area (Å²) in [6.07, 6.45) is 3.69. The maximum absolute atomic E-state index is 12.0. The lowest BCUT2D eigenvalue weighted by molar-refractivity contribution is 0.0992. The fraction of sp³-hybridized carbons (Fsp3) is 0.143. The van der Waals surface area contributed by atoms with E-state index in [1.165, 1.54) is 0 Å². The normalized spacial score (nSPS) is 10.2. The molecule has 86 valence electrons. The Kier molecular flexibility index (Phi) is 3.19. The Bertz CT molecular complexity index is 532. The first-order valence-electron chi connectivity index (χ1n) is 5.45. The number of anilines is 1. The van der Waals surface area contributed by atoms with Crippen molar-refractivity contribution < 1.29 is 4.79 Å². The van der Waals surface area contributed by atoms with Crippen molar-refractivity contribution in [1.82, 2.24) is 4.98 Å². The van der Waals surface area contributed by atoms with Gasteiger partial charge in [-0.3, -0.25) is 9.78 Å². The first-order chi connectivity index (χ1) is 8.16. The molecule has 3 nitrogen and oxygen atoms in total. The minimum absolute atomic E-state index is 0.0837. The number of carbonyl (C=O) groups excluding carboxylic acids is 1. The fourth-order valence-electron chi connectivity index (χ4n) is 1.67. The van der Waals surface area contributed by atoms with Gasteiger partial charge in [0.2, 0.25) is 0 Å². The van der Waals surface area contributed by atoms with E-state index in [1.807, 2.05) is 25.1 Å². The fourth-order valence-corrected chi connectivity index (χ4v) is 1.67. The van der Waals surface area contributed by atoms with Gasteiger partial charge >= 0.3 is 0 Å². The Labute approximate surface area is 100 Å². The lowest BCUT2D eigenvalue weighted by Gasteiger charge is -2.04. The molecule has 0 radical (unpaired) electrons. The van der Waals surface area contributed by atoms with Crippen LogP contribution in [0.15, 0.2) is 42.7 Å². The lowest BCUT2D eigenvalue weighted by atomic mass is 10.0. The van der Waals surface area contributed by atoms with Gasteiger partial charge in [0.15, 0.2) is 5.78 Å². The highest BCUT2D eigenvalue weighted by Crippen LogP contribution is 2.12. The monoisotopic (exact) mass is 226 g/mol. The zero-order valence-corrected chi connectivity index (χ0v) is 9.68. The van der Waals surface area contributed by atoms with Crippen molar-refractivity contribution in [3.8, 4) is 0 Å². The number of hydrogen-bond donors (Lipinski definition) is 1. The largest absolute Gasteiger partial charge is 0.399 e. The summed E-state index contributed by atoms with van der Waals surface area (Å²) in [6.45, 7) is 1.91. The molecule has 1 aromatic carbocycles. The molecule has 0 fully saturated rings. The number of carbonyl (C=O) groups is 1. The van der Waals surface area contributed by atoms with E-state index in [-0.39, 0.29) is 5.78 Å². The minimum atomic E-state index is 0.0837. The van der Waals surface area contributed by atoms with Gasteiger partial charge in [0.1, 0.15) is 0 Å². The number of rotatable bonds is 3. The molecular weight excluding hydrogens is 212 g/mol. The van der Waals surface area contributed by atoms with Gasteiger partial charge in [-0.1, -0.05) is 12.1 Å². The summed E-state index contributed by atoms with van der Waals surface area (Å²) in [4.78, 5) is 16.0. The van der Waals surface area contributed by atoms with E-state index in [9.17, 15) is 4.79 Å². The molecule has 0 amide bonds. The number of benzene rings is 1. The highest BCUT2D eigenvalue weighted by atomic mass is 16.1. The van der Waals surface area contributed by atoms with Crippen LogP contribution in [0.5, 0.6) is 0 Å². The van der Waals surface area contributed by atoms with E-state index in [0.717, 1.165) is 11.1 Å². The van der Waals surface area contributed by atoms with E-state index >= 15 is 0 Å². The second-order valence-corrected chi connectivity index (χ2v) is 4.03. The SMILES string of the molecule is Cc1ccncc1C(=O)Cc1ccc(N)cc1. The molecule has 0 saturated carbocycles. The summed E-state index contributed by atoms with van der Waals surface area (Å²) in [5, 5.41) is 0. The number of hydrogen-bond acceptors (Lipinski definition) is 3. The van der Waals surface area contributed by atoms with Crippen molar-refractivity contribution in [2.24, 2.45) is 0 Å². The number of aromatic nitrogens is 1. The van der Waals surface area contributed by atoms with E-state index in [0.29, 0.717) is 17.7 Å². The summed E-state index contributed by atoms with van der Waals surface area (Å²) in [7, 11) is 0. The first-order valence-corrected chi connectivity index (χ1v) is 5.45. The Morgan fingerprint density at radius 2 is 1.94 bits per heavy atom. The molecule has 0 spiro atoms. The number of aryl methyl sites for hydroxylation is 1. The van der Waals surface area contributed by atoms with Gasteiger partial charge in [-0.15, -0.1) is 0 Å². The number of pyridine rings is 1. The molecule has 1 heterocycles. The standard InChI is InChI=1S/C14H14N2O/c1-10-6-7-16-9-13(10)14(17)8-11-2-4-12(15)5-3-11/h2-7,9H,8,15H2,1H3. The predicted molar refractivity (Wildman–Crippen MR) is 67.9 cm³/mol. The second kappa shape index (κ2) is 4.78. The zero-order valence-electron chi connectivity index (χ0n) is 9.68. The van der Waals surface area contributed by atoms with E-state index < -0.39 is 0 Å². The van der Waals surface area contributed by atoms with Gasteiger partial charge in [-0.05, 0) is 36.2 Å². The third-order valence-corrected chi connectivity index (χ3v) is 2.68. The number of nitrogen functional groups attached to an aromatic ring is 1. The molecule has 0 saturated heterocycles. The summed E-state index contributed by atoms with van der Waals surface area (Å²) in [5.74, 6) is 0.0837. The van der Waals surface area contributed by atoms with Crippen LogP contribution in [0.2, 0.25) is 0 Å². The van der Waals surface area contributed by atoms with Gasteiger partial charge in [0.05, 0.1) is 0 Å². The molecule has 17 heavy (non-hydrogen) atoms. The van der Waals surface area contributed by atoms with Crippen LogP contribution in [-0.2, 0) is 6.42 Å². The molecule has 0 unspecified atom stereocenters. The molecule has 2 rings (SSSR count). The maximum Gasteiger partial charge on any atom is 0.169 e. The summed E-state index contributed by atoms with van der Waals surface area (Å²) in [5.41, 5.74) is 8.91. The van der Waals surface area contributed by atoms with E-state index in [2.05, 4.69) is 4.98 Å². The first kappa shape index (κ1) is 11.3. The van der Waals surface area contributed by atoms with Crippen LogP contribution in [0.3, 0.4) is 0 Å². The summed E-state index contributed by atoms with van der Waals surface area (Å²) in [6, 6.07) is 9.20.